The molecule has 1 N–H and O–H groups in total. The molecule has 6 heteroatoms. The lowest BCUT2D eigenvalue weighted by Gasteiger charge is -2.13. The summed E-state index contributed by atoms with van der Waals surface area (Å²) in [7, 11) is 1.52. The van der Waals surface area contributed by atoms with Gasteiger partial charge in [0.2, 0.25) is 0 Å². The number of aliphatic hydroxyl groups excluding tert-OH is 1. The van der Waals surface area contributed by atoms with Crippen LogP contribution in [-0.2, 0) is 13.5 Å². The molecule has 0 aliphatic carbocycles. The van der Waals surface area contributed by atoms with E-state index in [0.717, 1.165) is 0 Å². The van der Waals surface area contributed by atoms with Gasteiger partial charge in [-0.15, -0.1) is 0 Å². The summed E-state index contributed by atoms with van der Waals surface area (Å²) < 4.78 is 37.8. The van der Waals surface area contributed by atoms with Gasteiger partial charge in [-0.05, 0) is 6.42 Å². The highest BCUT2D eigenvalue weighted by molar-refractivity contribution is 5.21. The van der Waals surface area contributed by atoms with Gasteiger partial charge >= 0.3 is 6.18 Å². The Morgan fingerprint density at radius 3 is 2.57 bits per heavy atom. The molecule has 80 valence electrons. The molecule has 0 fully saturated rings. The van der Waals surface area contributed by atoms with Crippen LogP contribution in [0.2, 0.25) is 0 Å². The monoisotopic (exact) mass is 208 g/mol. The Kier molecular flexibility index (Phi) is 2.84. The van der Waals surface area contributed by atoms with Gasteiger partial charge in [-0.2, -0.15) is 18.3 Å². The van der Waals surface area contributed by atoms with Crippen LogP contribution in [0.15, 0.2) is 6.20 Å². The highest BCUT2D eigenvalue weighted by Gasteiger charge is 2.41. The molecule has 0 aliphatic heterocycles. The Labute approximate surface area is 79.2 Å². The molecule has 0 spiro atoms. The lowest BCUT2D eigenvalue weighted by molar-refractivity contribution is -0.207. The van der Waals surface area contributed by atoms with Crippen molar-refractivity contribution in [2.75, 3.05) is 0 Å². The van der Waals surface area contributed by atoms with E-state index < -0.39 is 12.3 Å². The largest absolute Gasteiger partial charge is 0.418 e. The van der Waals surface area contributed by atoms with E-state index in [4.69, 9.17) is 5.11 Å². The third-order valence-corrected chi connectivity index (χ3v) is 1.88. The van der Waals surface area contributed by atoms with Crippen molar-refractivity contribution in [3.05, 3.63) is 17.5 Å². The summed E-state index contributed by atoms with van der Waals surface area (Å²) in [5.74, 6) is 0. The van der Waals surface area contributed by atoms with Crippen molar-refractivity contribution >= 4 is 0 Å². The first-order valence-corrected chi connectivity index (χ1v) is 4.13. The Bertz CT molecular complexity index is 319. The minimum atomic E-state index is -4.63. The van der Waals surface area contributed by atoms with Crippen LogP contribution in [0.3, 0.4) is 0 Å². The summed E-state index contributed by atoms with van der Waals surface area (Å²) in [6, 6.07) is 0. The predicted octanol–water partition coefficient (Wildman–Crippen LogP) is 1.58. The number of alkyl halides is 3. The second-order valence-electron chi connectivity index (χ2n) is 3.00. The first-order chi connectivity index (χ1) is 6.36. The Balaban J connectivity index is 3.05. The fourth-order valence-corrected chi connectivity index (χ4v) is 1.23. The summed E-state index contributed by atoms with van der Waals surface area (Å²) in [4.78, 5) is 0. The van der Waals surface area contributed by atoms with Gasteiger partial charge in [0.05, 0.1) is 5.69 Å². The molecule has 0 radical (unpaired) electrons. The molecule has 3 nitrogen and oxygen atoms in total. The average Bonchev–Trinajstić information content (AvgIpc) is 2.43. The molecule has 1 heterocycles. The van der Waals surface area contributed by atoms with Gasteiger partial charge in [-0.1, -0.05) is 6.92 Å². The van der Waals surface area contributed by atoms with Crippen molar-refractivity contribution < 1.29 is 18.3 Å². The van der Waals surface area contributed by atoms with E-state index in [1.807, 2.05) is 0 Å². The molecule has 0 saturated carbocycles. The molecule has 1 atom stereocenters. The summed E-state index contributed by atoms with van der Waals surface area (Å²) in [5, 5.41) is 12.8. The highest BCUT2D eigenvalue weighted by Crippen LogP contribution is 2.33. The Hall–Kier alpha value is -1.04. The minimum Gasteiger partial charge on any atom is -0.379 e. The van der Waals surface area contributed by atoms with Gasteiger partial charge in [0.25, 0.3) is 0 Å². The first-order valence-electron chi connectivity index (χ1n) is 4.13. The maximum absolute atomic E-state index is 12.2. The molecule has 0 saturated heterocycles. The number of aliphatic hydroxyl groups is 1. The van der Waals surface area contributed by atoms with Crippen molar-refractivity contribution in [1.82, 2.24) is 9.78 Å². The summed E-state index contributed by atoms with van der Waals surface area (Å²) in [5.41, 5.74) is 0.111. The summed E-state index contributed by atoms with van der Waals surface area (Å²) >= 11 is 0. The fraction of sp³-hybridized carbons (Fsp3) is 0.625. The summed E-state index contributed by atoms with van der Waals surface area (Å²) in [6.07, 6.45) is -5.51. The molecular weight excluding hydrogens is 197 g/mol. The van der Waals surface area contributed by atoms with E-state index >= 15 is 0 Å². The third-order valence-electron chi connectivity index (χ3n) is 1.88. The molecule has 0 aromatic carbocycles. The van der Waals surface area contributed by atoms with E-state index in [1.54, 1.807) is 6.92 Å². The van der Waals surface area contributed by atoms with E-state index in [2.05, 4.69) is 5.10 Å². The molecule has 14 heavy (non-hydrogen) atoms. The fourth-order valence-electron chi connectivity index (χ4n) is 1.23. The van der Waals surface area contributed by atoms with Gasteiger partial charge in [-0.3, -0.25) is 4.68 Å². The number of aryl methyl sites for hydroxylation is 2. The number of halogens is 3. The second kappa shape index (κ2) is 3.61. The smallest absolute Gasteiger partial charge is 0.379 e. The number of hydrogen-bond donors (Lipinski definition) is 1. The van der Waals surface area contributed by atoms with E-state index in [-0.39, 0.29) is 11.3 Å². The molecule has 0 amide bonds. The number of hydrogen-bond acceptors (Lipinski definition) is 2. The normalized spacial score (nSPS) is 14.4. The van der Waals surface area contributed by atoms with Crippen molar-refractivity contribution in [1.29, 1.82) is 0 Å². The summed E-state index contributed by atoms with van der Waals surface area (Å²) in [6.45, 7) is 1.69. The van der Waals surface area contributed by atoms with Crippen LogP contribution < -0.4 is 0 Å². The molecule has 0 aliphatic rings. The van der Waals surface area contributed by atoms with Gasteiger partial charge in [0.15, 0.2) is 6.10 Å². The molecule has 1 rings (SSSR count). The Morgan fingerprint density at radius 1 is 1.57 bits per heavy atom. The van der Waals surface area contributed by atoms with Gasteiger partial charge in [0.1, 0.15) is 0 Å². The van der Waals surface area contributed by atoms with Gasteiger partial charge in [0, 0.05) is 18.8 Å². The van der Waals surface area contributed by atoms with Gasteiger partial charge < -0.3 is 5.11 Å². The zero-order chi connectivity index (χ0) is 10.9. The van der Waals surface area contributed by atoms with Crippen LogP contribution in [0.4, 0.5) is 13.2 Å². The zero-order valence-electron chi connectivity index (χ0n) is 7.84. The van der Waals surface area contributed by atoms with Crippen LogP contribution >= 0.6 is 0 Å². The van der Waals surface area contributed by atoms with Crippen LogP contribution in [0, 0.1) is 0 Å². The van der Waals surface area contributed by atoms with Crippen molar-refractivity contribution in [3.8, 4) is 0 Å². The zero-order valence-corrected chi connectivity index (χ0v) is 7.84. The predicted molar refractivity (Wildman–Crippen MR) is 43.6 cm³/mol. The minimum absolute atomic E-state index is 0.164. The lowest BCUT2D eigenvalue weighted by atomic mass is 10.1. The molecule has 1 aromatic rings. The number of rotatable bonds is 2. The number of aromatic nitrogens is 2. The van der Waals surface area contributed by atoms with Crippen molar-refractivity contribution in [2.24, 2.45) is 7.05 Å². The maximum Gasteiger partial charge on any atom is 0.418 e. The first kappa shape index (κ1) is 11.0. The Morgan fingerprint density at radius 2 is 2.14 bits per heavy atom. The SMILES string of the molecule is CCc1nn(C)cc1C(O)C(F)(F)F. The number of nitrogens with zero attached hydrogens (tertiary/aromatic N) is 2. The average molecular weight is 208 g/mol. The molecular formula is C8H11F3N2O. The maximum atomic E-state index is 12.2. The molecule has 1 unspecified atom stereocenters. The van der Waals surface area contributed by atoms with Crippen LogP contribution in [-0.4, -0.2) is 21.1 Å². The van der Waals surface area contributed by atoms with Crippen molar-refractivity contribution in [3.63, 3.8) is 0 Å². The van der Waals surface area contributed by atoms with Crippen molar-refractivity contribution in [2.45, 2.75) is 25.6 Å². The molecule has 1 aromatic heterocycles. The quantitative estimate of drug-likeness (QED) is 0.801. The van der Waals surface area contributed by atoms with Crippen LogP contribution in [0.1, 0.15) is 24.3 Å². The van der Waals surface area contributed by atoms with Crippen LogP contribution in [0.25, 0.3) is 0 Å². The third kappa shape index (κ3) is 2.06. The van der Waals surface area contributed by atoms with E-state index in [9.17, 15) is 13.2 Å². The van der Waals surface area contributed by atoms with Crippen LogP contribution in [0.5, 0.6) is 0 Å². The van der Waals surface area contributed by atoms with E-state index in [1.165, 1.54) is 17.9 Å². The molecule has 0 bridgehead atoms. The van der Waals surface area contributed by atoms with E-state index in [0.29, 0.717) is 6.42 Å². The highest BCUT2D eigenvalue weighted by atomic mass is 19.4. The topological polar surface area (TPSA) is 38.0 Å². The van der Waals surface area contributed by atoms with Gasteiger partial charge in [-0.25, -0.2) is 0 Å². The lowest BCUT2D eigenvalue weighted by Crippen LogP contribution is -2.20. The standard InChI is InChI=1S/C8H11F3N2O/c1-3-6-5(4-13(2)12-6)7(14)8(9,10)11/h4,7,14H,3H2,1-2H3. The second-order valence-corrected chi connectivity index (χ2v) is 3.00.